The summed E-state index contributed by atoms with van der Waals surface area (Å²) < 4.78 is 0. The fourth-order valence-corrected chi connectivity index (χ4v) is 2.04. The smallest absolute Gasteiger partial charge is 0.209 e. The number of hydrogen-bond donors (Lipinski definition) is 0. The van der Waals surface area contributed by atoms with Gasteiger partial charge >= 0.3 is 0 Å². The summed E-state index contributed by atoms with van der Waals surface area (Å²) in [4.78, 5) is 16.0. The van der Waals surface area contributed by atoms with Gasteiger partial charge in [0.1, 0.15) is 0 Å². The number of rotatable bonds is 3. The number of nitrogens with zero attached hydrogens (tertiary/aromatic N) is 2. The second-order valence-electron chi connectivity index (χ2n) is 4.66. The second-order valence-corrected chi connectivity index (χ2v) is 4.66. The molecule has 0 aromatic carbocycles. The molecule has 0 saturated carbocycles. The fraction of sp³-hybridized carbons (Fsp3) is 0.600. The van der Waals surface area contributed by atoms with Crippen molar-refractivity contribution in [3.63, 3.8) is 0 Å². The molecule has 3 nitrogen and oxygen atoms in total. The van der Waals surface area contributed by atoms with E-state index in [0.717, 1.165) is 19.5 Å². The van der Waals surface area contributed by atoms with E-state index in [1.807, 2.05) is 17.3 Å². The maximum Gasteiger partial charge on any atom is 0.209 e. The van der Waals surface area contributed by atoms with E-state index < -0.39 is 0 Å². The molecule has 18 heavy (non-hydrogen) atoms. The van der Waals surface area contributed by atoms with Gasteiger partial charge in [-0.15, -0.1) is 0 Å². The summed E-state index contributed by atoms with van der Waals surface area (Å²) in [6.07, 6.45) is 12.0. The maximum absolute atomic E-state index is 10.2. The molecule has 1 aromatic heterocycles. The van der Waals surface area contributed by atoms with E-state index in [-0.39, 0.29) is 0 Å². The van der Waals surface area contributed by atoms with Crippen LogP contribution in [0.4, 0.5) is 0 Å². The average Bonchev–Trinajstić information content (AvgIpc) is 2.69. The van der Waals surface area contributed by atoms with Crippen LogP contribution >= 0.6 is 0 Å². The van der Waals surface area contributed by atoms with Crippen LogP contribution in [-0.2, 0) is 11.2 Å². The minimum atomic E-state index is 0.964. The van der Waals surface area contributed by atoms with Crippen molar-refractivity contribution in [2.75, 3.05) is 13.1 Å². The van der Waals surface area contributed by atoms with Gasteiger partial charge in [-0.05, 0) is 37.0 Å². The van der Waals surface area contributed by atoms with E-state index in [4.69, 9.17) is 0 Å². The number of pyridine rings is 1. The van der Waals surface area contributed by atoms with Crippen LogP contribution in [0.1, 0.15) is 44.6 Å². The first-order valence-electron chi connectivity index (χ1n) is 6.95. The third-order valence-electron chi connectivity index (χ3n) is 3.08. The monoisotopic (exact) mass is 248 g/mol. The molecule has 1 aromatic rings. The first-order valence-corrected chi connectivity index (χ1v) is 6.95. The lowest BCUT2D eigenvalue weighted by atomic mass is 10.2. The zero-order chi connectivity index (χ0) is 13.1. The molecule has 3 heteroatoms. The summed E-state index contributed by atoms with van der Waals surface area (Å²) >= 11 is 0. The van der Waals surface area contributed by atoms with Gasteiger partial charge < -0.3 is 4.90 Å². The van der Waals surface area contributed by atoms with Gasteiger partial charge in [0.25, 0.3) is 0 Å². The van der Waals surface area contributed by atoms with Gasteiger partial charge in [-0.1, -0.05) is 26.2 Å². The Bertz CT molecular complexity index is 306. The minimum absolute atomic E-state index is 0.964. The molecule has 0 spiro atoms. The predicted octanol–water partition coefficient (Wildman–Crippen LogP) is 3.05. The normalized spacial score (nSPS) is 15.3. The Balaban J connectivity index is 0.000000180. The van der Waals surface area contributed by atoms with E-state index in [0.29, 0.717) is 0 Å². The van der Waals surface area contributed by atoms with Crippen molar-refractivity contribution in [1.82, 2.24) is 9.88 Å². The summed E-state index contributed by atoms with van der Waals surface area (Å²) in [5.41, 5.74) is 1.38. The van der Waals surface area contributed by atoms with Crippen molar-refractivity contribution in [1.29, 1.82) is 0 Å². The summed E-state index contributed by atoms with van der Waals surface area (Å²) in [6, 6.07) is 4.12. The second kappa shape index (κ2) is 9.63. The van der Waals surface area contributed by atoms with E-state index >= 15 is 0 Å². The molecular formula is C15H24N2O. The Morgan fingerprint density at radius 3 is 2.28 bits per heavy atom. The fourth-order valence-electron chi connectivity index (χ4n) is 2.04. The average molecular weight is 248 g/mol. The third-order valence-corrected chi connectivity index (χ3v) is 3.08. The summed E-state index contributed by atoms with van der Waals surface area (Å²) in [5, 5.41) is 0. The van der Waals surface area contributed by atoms with Crippen LogP contribution < -0.4 is 0 Å². The highest BCUT2D eigenvalue weighted by Gasteiger charge is 2.04. The summed E-state index contributed by atoms with van der Waals surface area (Å²) in [7, 11) is 0. The van der Waals surface area contributed by atoms with Crippen molar-refractivity contribution in [2.24, 2.45) is 0 Å². The molecule has 2 heterocycles. The highest BCUT2D eigenvalue weighted by Crippen LogP contribution is 2.07. The molecule has 0 N–H and O–H groups in total. The highest BCUT2D eigenvalue weighted by molar-refractivity contribution is 5.46. The SMILES string of the molecule is CCCc1ccncc1.O=CN1CCCCCC1. The van der Waals surface area contributed by atoms with Crippen LogP contribution in [0, 0.1) is 0 Å². The van der Waals surface area contributed by atoms with Gasteiger partial charge in [-0.3, -0.25) is 9.78 Å². The zero-order valence-electron chi connectivity index (χ0n) is 11.3. The number of carbonyl (C=O) groups is 1. The topological polar surface area (TPSA) is 33.2 Å². The van der Waals surface area contributed by atoms with E-state index in [9.17, 15) is 4.79 Å². The van der Waals surface area contributed by atoms with Crippen LogP contribution in [-0.4, -0.2) is 29.4 Å². The molecule has 1 amide bonds. The Morgan fingerprint density at radius 1 is 1.17 bits per heavy atom. The van der Waals surface area contributed by atoms with Crippen molar-refractivity contribution in [3.05, 3.63) is 30.1 Å². The maximum atomic E-state index is 10.2. The molecular weight excluding hydrogens is 224 g/mol. The van der Waals surface area contributed by atoms with Crippen molar-refractivity contribution >= 4 is 6.41 Å². The lowest BCUT2D eigenvalue weighted by molar-refractivity contribution is -0.118. The molecule has 2 rings (SSSR count). The lowest BCUT2D eigenvalue weighted by Crippen LogP contribution is -2.22. The molecule has 100 valence electrons. The van der Waals surface area contributed by atoms with Crippen LogP contribution in [0.3, 0.4) is 0 Å². The Hall–Kier alpha value is -1.38. The van der Waals surface area contributed by atoms with Crippen LogP contribution in [0.2, 0.25) is 0 Å². The molecule has 1 saturated heterocycles. The van der Waals surface area contributed by atoms with Gasteiger partial charge in [-0.25, -0.2) is 0 Å². The largest absolute Gasteiger partial charge is 0.345 e. The van der Waals surface area contributed by atoms with Crippen molar-refractivity contribution in [2.45, 2.75) is 45.4 Å². The minimum Gasteiger partial charge on any atom is -0.345 e. The van der Waals surface area contributed by atoms with Crippen molar-refractivity contribution in [3.8, 4) is 0 Å². The Labute approximate surface area is 110 Å². The number of amides is 1. The standard InChI is InChI=1S/C8H11N.C7H13NO/c1-2-3-8-4-6-9-7-5-8;9-7-8-5-3-1-2-4-6-8/h4-7H,2-3H2,1H3;7H,1-6H2. The van der Waals surface area contributed by atoms with Crippen LogP contribution in [0.5, 0.6) is 0 Å². The summed E-state index contributed by atoms with van der Waals surface area (Å²) in [6.45, 7) is 4.13. The highest BCUT2D eigenvalue weighted by atomic mass is 16.1. The Kier molecular flexibility index (Phi) is 7.85. The molecule has 0 unspecified atom stereocenters. The zero-order valence-corrected chi connectivity index (χ0v) is 11.3. The number of hydrogen-bond acceptors (Lipinski definition) is 2. The number of aromatic nitrogens is 1. The molecule has 1 fully saturated rings. The van der Waals surface area contributed by atoms with Gasteiger partial charge in [0.15, 0.2) is 0 Å². The van der Waals surface area contributed by atoms with Crippen molar-refractivity contribution < 1.29 is 4.79 Å². The number of aryl methyl sites for hydroxylation is 1. The molecule has 0 bridgehead atoms. The predicted molar refractivity (Wildman–Crippen MR) is 74.3 cm³/mol. The number of carbonyl (C=O) groups excluding carboxylic acids is 1. The first kappa shape index (κ1) is 14.7. The molecule has 0 atom stereocenters. The first-order chi connectivity index (χ1) is 8.86. The van der Waals surface area contributed by atoms with E-state index in [1.54, 1.807) is 0 Å². The molecule has 0 aliphatic carbocycles. The Morgan fingerprint density at radius 2 is 1.78 bits per heavy atom. The summed E-state index contributed by atoms with van der Waals surface area (Å²) in [5.74, 6) is 0. The molecule has 1 aliphatic heterocycles. The van der Waals surface area contributed by atoms with E-state index in [2.05, 4.69) is 24.0 Å². The van der Waals surface area contributed by atoms with Crippen LogP contribution in [0.15, 0.2) is 24.5 Å². The molecule has 1 aliphatic rings. The lowest BCUT2D eigenvalue weighted by Gasteiger charge is -2.11. The van der Waals surface area contributed by atoms with Gasteiger partial charge in [-0.2, -0.15) is 0 Å². The number of likely N-dealkylation sites (tertiary alicyclic amines) is 1. The van der Waals surface area contributed by atoms with Crippen LogP contribution in [0.25, 0.3) is 0 Å². The van der Waals surface area contributed by atoms with E-state index in [1.165, 1.54) is 44.1 Å². The quantitative estimate of drug-likeness (QED) is 0.770. The van der Waals surface area contributed by atoms with Gasteiger partial charge in [0.05, 0.1) is 0 Å². The van der Waals surface area contributed by atoms with Gasteiger partial charge in [0, 0.05) is 25.5 Å². The van der Waals surface area contributed by atoms with Gasteiger partial charge in [0.2, 0.25) is 6.41 Å². The molecule has 0 radical (unpaired) electrons. The third kappa shape index (κ3) is 6.38.